The number of nitrogen functional groups attached to an aromatic ring is 1. The van der Waals surface area contributed by atoms with Gasteiger partial charge in [-0.15, -0.1) is 0 Å². The van der Waals surface area contributed by atoms with Gasteiger partial charge in [0.2, 0.25) is 5.89 Å². The third kappa shape index (κ3) is 3.36. The van der Waals surface area contributed by atoms with Crippen molar-refractivity contribution in [3.8, 4) is 0 Å². The molecule has 0 aliphatic rings. The summed E-state index contributed by atoms with van der Waals surface area (Å²) >= 11 is 0. The van der Waals surface area contributed by atoms with Gasteiger partial charge in [-0.25, -0.2) is 15.0 Å². The Kier molecular flexibility index (Phi) is 4.21. The minimum Gasteiger partial charge on any atom is -0.444 e. The number of rotatable bonds is 4. The Hall–Kier alpha value is -2.44. The van der Waals surface area contributed by atoms with Gasteiger partial charge in [0.15, 0.2) is 5.69 Å². The fourth-order valence-corrected chi connectivity index (χ4v) is 1.72. The van der Waals surface area contributed by atoms with Gasteiger partial charge in [-0.3, -0.25) is 4.79 Å². The van der Waals surface area contributed by atoms with Gasteiger partial charge < -0.3 is 15.5 Å². The fraction of sp³-hybridized carbons (Fsp3) is 0.429. The first-order chi connectivity index (χ1) is 9.88. The topological polar surface area (TPSA) is 107 Å². The van der Waals surface area contributed by atoms with Crippen molar-refractivity contribution < 1.29 is 9.21 Å². The van der Waals surface area contributed by atoms with Crippen LogP contribution in [0.1, 0.15) is 53.4 Å². The van der Waals surface area contributed by atoms with Crippen LogP contribution in [0.5, 0.6) is 0 Å². The Labute approximate surface area is 123 Å². The molecule has 1 amide bonds. The van der Waals surface area contributed by atoms with Gasteiger partial charge >= 0.3 is 0 Å². The molecule has 2 aromatic rings. The predicted molar refractivity (Wildman–Crippen MR) is 77.7 cm³/mol. The number of carbonyl (C=O) groups excluding carboxylic acids is 1. The molecule has 0 bridgehead atoms. The van der Waals surface area contributed by atoms with Crippen LogP contribution in [0.25, 0.3) is 0 Å². The third-order valence-electron chi connectivity index (χ3n) is 3.04. The largest absolute Gasteiger partial charge is 0.444 e. The first-order valence-corrected chi connectivity index (χ1v) is 6.72. The van der Waals surface area contributed by atoms with Crippen molar-refractivity contribution in [1.29, 1.82) is 0 Å². The summed E-state index contributed by atoms with van der Waals surface area (Å²) < 4.78 is 5.40. The van der Waals surface area contributed by atoms with Gasteiger partial charge in [0.1, 0.15) is 11.6 Å². The van der Waals surface area contributed by atoms with Gasteiger partial charge in [-0.2, -0.15) is 0 Å². The molecule has 0 atom stereocenters. The molecule has 0 saturated heterocycles. The lowest BCUT2D eigenvalue weighted by atomic mass is 10.2. The molecule has 2 aromatic heterocycles. The number of amides is 1. The van der Waals surface area contributed by atoms with Crippen LogP contribution in [-0.2, 0) is 6.54 Å². The minimum atomic E-state index is -0.370. The van der Waals surface area contributed by atoms with Gasteiger partial charge in [-0.05, 0) is 13.8 Å². The molecular formula is C14H19N5O2. The summed E-state index contributed by atoms with van der Waals surface area (Å²) in [7, 11) is 0. The van der Waals surface area contributed by atoms with E-state index in [1.807, 2.05) is 27.7 Å². The summed E-state index contributed by atoms with van der Waals surface area (Å²) in [6.45, 7) is 7.76. The number of nitrogens with zero attached hydrogens (tertiary/aromatic N) is 3. The number of oxazole rings is 1. The lowest BCUT2D eigenvalue weighted by molar-refractivity contribution is 0.0942. The molecule has 0 radical (unpaired) electrons. The second-order valence-corrected chi connectivity index (χ2v) is 5.12. The third-order valence-corrected chi connectivity index (χ3v) is 3.04. The van der Waals surface area contributed by atoms with Crippen molar-refractivity contribution in [2.24, 2.45) is 0 Å². The second-order valence-electron chi connectivity index (χ2n) is 5.12. The van der Waals surface area contributed by atoms with E-state index >= 15 is 0 Å². The highest BCUT2D eigenvalue weighted by Gasteiger charge is 2.15. The van der Waals surface area contributed by atoms with Crippen LogP contribution in [0, 0.1) is 13.8 Å². The van der Waals surface area contributed by atoms with Crippen LogP contribution in [-0.4, -0.2) is 20.9 Å². The van der Waals surface area contributed by atoms with Gasteiger partial charge in [-0.1, -0.05) is 13.8 Å². The van der Waals surface area contributed by atoms with Crippen molar-refractivity contribution in [1.82, 2.24) is 20.3 Å². The van der Waals surface area contributed by atoms with Gasteiger partial charge in [0, 0.05) is 5.92 Å². The monoisotopic (exact) mass is 289 g/mol. The zero-order valence-electron chi connectivity index (χ0n) is 12.6. The van der Waals surface area contributed by atoms with Crippen molar-refractivity contribution in [2.75, 3.05) is 5.73 Å². The predicted octanol–water partition coefficient (Wildman–Crippen LogP) is 1.72. The Morgan fingerprint density at radius 2 is 2.10 bits per heavy atom. The maximum Gasteiger partial charge on any atom is 0.272 e. The number of nitrogens with two attached hydrogens (primary N) is 1. The Balaban J connectivity index is 2.11. The molecule has 2 heterocycles. The Morgan fingerprint density at radius 1 is 1.38 bits per heavy atom. The van der Waals surface area contributed by atoms with Crippen LogP contribution in [0.4, 0.5) is 5.69 Å². The van der Waals surface area contributed by atoms with E-state index in [4.69, 9.17) is 10.2 Å². The maximum atomic E-state index is 12.2. The van der Waals surface area contributed by atoms with Crippen molar-refractivity contribution >= 4 is 11.6 Å². The Morgan fingerprint density at radius 3 is 2.67 bits per heavy atom. The molecule has 7 nitrogen and oxygen atoms in total. The number of aryl methyl sites for hydroxylation is 2. The summed E-state index contributed by atoms with van der Waals surface area (Å²) in [4.78, 5) is 24.7. The first kappa shape index (κ1) is 15.0. The number of carbonyl (C=O) groups is 1. The van der Waals surface area contributed by atoms with Crippen molar-refractivity contribution in [3.05, 3.63) is 35.1 Å². The molecule has 0 aliphatic heterocycles. The van der Waals surface area contributed by atoms with Crippen molar-refractivity contribution in [2.45, 2.75) is 40.2 Å². The van der Waals surface area contributed by atoms with Crippen LogP contribution in [0.2, 0.25) is 0 Å². The maximum absolute atomic E-state index is 12.2. The summed E-state index contributed by atoms with van der Waals surface area (Å²) in [6.07, 6.45) is 1.46. The van der Waals surface area contributed by atoms with Crippen LogP contribution >= 0.6 is 0 Å². The molecule has 7 heteroatoms. The molecule has 2 rings (SSSR count). The van der Waals surface area contributed by atoms with E-state index in [1.165, 1.54) is 6.20 Å². The molecular weight excluding hydrogens is 270 g/mol. The molecule has 0 fully saturated rings. The molecule has 112 valence electrons. The molecule has 0 aromatic carbocycles. The summed E-state index contributed by atoms with van der Waals surface area (Å²) in [6, 6.07) is 0. The molecule has 0 unspecified atom stereocenters. The molecule has 21 heavy (non-hydrogen) atoms. The number of nitrogens with one attached hydrogen (secondary N) is 1. The van der Waals surface area contributed by atoms with E-state index < -0.39 is 0 Å². The highest BCUT2D eigenvalue weighted by molar-refractivity contribution is 5.96. The van der Waals surface area contributed by atoms with Crippen LogP contribution in [0.3, 0.4) is 0 Å². The zero-order valence-corrected chi connectivity index (χ0v) is 12.6. The first-order valence-electron chi connectivity index (χ1n) is 6.72. The smallest absolute Gasteiger partial charge is 0.272 e. The second kappa shape index (κ2) is 5.90. The van der Waals surface area contributed by atoms with Crippen molar-refractivity contribution in [3.63, 3.8) is 0 Å². The number of anilines is 1. The van der Waals surface area contributed by atoms with E-state index in [1.54, 1.807) is 0 Å². The lowest BCUT2D eigenvalue weighted by Crippen LogP contribution is -2.26. The highest BCUT2D eigenvalue weighted by Crippen LogP contribution is 2.14. The number of hydrogen-bond acceptors (Lipinski definition) is 6. The van der Waals surface area contributed by atoms with Crippen LogP contribution in [0.15, 0.2) is 10.6 Å². The lowest BCUT2D eigenvalue weighted by Gasteiger charge is -2.08. The summed E-state index contributed by atoms with van der Waals surface area (Å²) in [5, 5.41) is 2.70. The number of aromatic nitrogens is 3. The van der Waals surface area contributed by atoms with E-state index in [9.17, 15) is 4.79 Å². The normalized spacial score (nSPS) is 10.9. The van der Waals surface area contributed by atoms with E-state index in [0.717, 1.165) is 11.5 Å². The molecule has 0 aliphatic carbocycles. The average molecular weight is 289 g/mol. The average Bonchev–Trinajstić information content (AvgIpc) is 2.75. The standard InChI is InChI=1S/C14H19N5O2/c1-7(2)13-16-5-10(15)12(19-13)14(20)17-6-11-18-8(3)9(4)21-11/h5,7H,6,15H2,1-4H3,(H,17,20). The molecule has 3 N–H and O–H groups in total. The Bertz CT molecular complexity index is 644. The fourth-order valence-electron chi connectivity index (χ4n) is 1.72. The zero-order chi connectivity index (χ0) is 15.6. The molecule has 0 saturated carbocycles. The van der Waals surface area contributed by atoms with Gasteiger partial charge in [0.25, 0.3) is 5.91 Å². The van der Waals surface area contributed by atoms with E-state index in [0.29, 0.717) is 11.7 Å². The van der Waals surface area contributed by atoms with Crippen LogP contribution < -0.4 is 11.1 Å². The SMILES string of the molecule is Cc1nc(CNC(=O)c2nc(C(C)C)ncc2N)oc1C. The summed E-state index contributed by atoms with van der Waals surface area (Å²) in [5.74, 6) is 1.52. The minimum absolute atomic E-state index is 0.120. The number of hydrogen-bond donors (Lipinski definition) is 2. The highest BCUT2D eigenvalue weighted by atomic mass is 16.4. The summed E-state index contributed by atoms with van der Waals surface area (Å²) in [5.41, 5.74) is 6.99. The van der Waals surface area contributed by atoms with E-state index in [-0.39, 0.29) is 29.8 Å². The molecule has 0 spiro atoms. The quantitative estimate of drug-likeness (QED) is 0.887. The van der Waals surface area contributed by atoms with Gasteiger partial charge in [0.05, 0.1) is 24.1 Å². The van der Waals surface area contributed by atoms with E-state index in [2.05, 4.69) is 20.3 Å².